The first kappa shape index (κ1) is 23.5. The van der Waals surface area contributed by atoms with E-state index < -0.39 is 0 Å². The summed E-state index contributed by atoms with van der Waals surface area (Å²) in [7, 11) is 0. The second-order valence-corrected chi connectivity index (χ2v) is 9.44. The van der Waals surface area contributed by atoms with Crippen LogP contribution in [0.25, 0.3) is 5.57 Å². The summed E-state index contributed by atoms with van der Waals surface area (Å²) in [4.78, 5) is 30.3. The van der Waals surface area contributed by atoms with Crippen LogP contribution < -0.4 is 14.8 Å². The highest BCUT2D eigenvalue weighted by Crippen LogP contribution is 2.40. The van der Waals surface area contributed by atoms with Crippen molar-refractivity contribution in [3.63, 3.8) is 0 Å². The van der Waals surface area contributed by atoms with E-state index in [-0.39, 0.29) is 34.9 Å². The van der Waals surface area contributed by atoms with E-state index in [1.165, 1.54) is 12.1 Å². The molecule has 1 aliphatic heterocycles. The molecule has 1 N–H and O–H groups in total. The lowest BCUT2D eigenvalue weighted by atomic mass is 9.88. The van der Waals surface area contributed by atoms with Gasteiger partial charge in [0.15, 0.2) is 23.1 Å². The van der Waals surface area contributed by atoms with Gasteiger partial charge in [0.2, 0.25) is 5.75 Å². The number of halogens is 1. The van der Waals surface area contributed by atoms with E-state index in [1.54, 1.807) is 60.8 Å². The van der Waals surface area contributed by atoms with Crippen LogP contribution in [0.4, 0.5) is 10.2 Å². The Balaban J connectivity index is 1.25. The van der Waals surface area contributed by atoms with Crippen LogP contribution >= 0.6 is 0 Å². The number of benzene rings is 2. The number of pyridine rings is 1. The largest absolute Gasteiger partial charge is 0.484 e. The van der Waals surface area contributed by atoms with Crippen molar-refractivity contribution in [3.05, 3.63) is 95.5 Å². The van der Waals surface area contributed by atoms with Gasteiger partial charge in [-0.25, -0.2) is 9.37 Å². The fourth-order valence-electron chi connectivity index (χ4n) is 4.18. The number of fused-ring (bicyclic) bond motifs is 1. The van der Waals surface area contributed by atoms with Crippen molar-refractivity contribution in [1.82, 2.24) is 4.98 Å². The van der Waals surface area contributed by atoms with E-state index in [9.17, 15) is 14.0 Å². The molecule has 5 rings (SSSR count). The van der Waals surface area contributed by atoms with Gasteiger partial charge in [0.25, 0.3) is 0 Å². The molecule has 0 unspecified atom stereocenters. The molecule has 3 aromatic rings. The van der Waals surface area contributed by atoms with Crippen molar-refractivity contribution in [2.45, 2.75) is 32.2 Å². The summed E-state index contributed by atoms with van der Waals surface area (Å²) in [5, 5.41) is 3.34. The fourth-order valence-corrected chi connectivity index (χ4v) is 4.18. The predicted molar refractivity (Wildman–Crippen MR) is 135 cm³/mol. The first-order valence-electron chi connectivity index (χ1n) is 11.7. The number of nitrogens with one attached hydrogen (secondary N) is 1. The highest BCUT2D eigenvalue weighted by atomic mass is 19.1. The van der Waals surface area contributed by atoms with Gasteiger partial charge in [0.1, 0.15) is 18.2 Å². The zero-order valence-electron chi connectivity index (χ0n) is 20.0. The zero-order valence-corrected chi connectivity index (χ0v) is 20.0. The number of nitrogens with zero attached hydrogens (tertiary/aromatic N) is 1. The van der Waals surface area contributed by atoms with Gasteiger partial charge in [-0.1, -0.05) is 36.4 Å². The van der Waals surface area contributed by atoms with E-state index in [1.807, 2.05) is 13.8 Å². The Morgan fingerprint density at radius 2 is 1.83 bits per heavy atom. The van der Waals surface area contributed by atoms with E-state index in [0.717, 1.165) is 5.56 Å². The molecule has 0 saturated carbocycles. The summed E-state index contributed by atoms with van der Waals surface area (Å²) < 4.78 is 25.2. The third-order valence-electron chi connectivity index (χ3n) is 6.01. The number of carbonyl (C=O) groups excluding carboxylic acids is 2. The summed E-state index contributed by atoms with van der Waals surface area (Å²) in [5.41, 5.74) is 1.72. The molecule has 6 nitrogen and oxygen atoms in total. The van der Waals surface area contributed by atoms with Crippen LogP contribution in [0.1, 0.15) is 31.4 Å². The van der Waals surface area contributed by atoms with Gasteiger partial charge in [-0.2, -0.15) is 0 Å². The average molecular weight is 485 g/mol. The molecule has 0 radical (unpaired) electrons. The number of rotatable bonds is 6. The minimum absolute atomic E-state index is 0.0846. The second-order valence-electron chi connectivity index (χ2n) is 9.44. The molecule has 7 heteroatoms. The topological polar surface area (TPSA) is 77.5 Å². The Morgan fingerprint density at radius 3 is 2.58 bits per heavy atom. The highest BCUT2D eigenvalue weighted by molar-refractivity contribution is 6.39. The molecule has 0 atom stereocenters. The van der Waals surface area contributed by atoms with E-state index in [4.69, 9.17) is 9.47 Å². The van der Waals surface area contributed by atoms with Gasteiger partial charge in [-0.05, 0) is 55.7 Å². The van der Waals surface area contributed by atoms with Gasteiger partial charge in [0.05, 0.1) is 11.1 Å². The smallest absolute Gasteiger partial charge is 0.204 e. The van der Waals surface area contributed by atoms with Crippen LogP contribution in [-0.4, -0.2) is 28.7 Å². The Labute approximate surface area is 208 Å². The minimum Gasteiger partial charge on any atom is -0.484 e. The van der Waals surface area contributed by atoms with Gasteiger partial charge in [-0.3, -0.25) is 9.59 Å². The molecule has 0 saturated heterocycles. The number of hydrogen-bond acceptors (Lipinski definition) is 6. The lowest BCUT2D eigenvalue weighted by molar-refractivity contribution is -0.118. The number of ketones is 2. The molecule has 2 heterocycles. The molecule has 182 valence electrons. The summed E-state index contributed by atoms with van der Waals surface area (Å²) in [6.45, 7) is 4.54. The van der Waals surface area contributed by atoms with Gasteiger partial charge < -0.3 is 14.8 Å². The summed E-state index contributed by atoms with van der Waals surface area (Å²) >= 11 is 0. The SMILES string of the molecule is CC1(C)COc2c(Oc3ccc(CC(=O)C4=CCC=C(c5ccc(F)cc5)C4=O)cc3)ccnc2N1. The number of ether oxygens (including phenoxy) is 2. The molecule has 2 aromatic carbocycles. The molecule has 36 heavy (non-hydrogen) atoms. The monoisotopic (exact) mass is 484 g/mol. The molecule has 2 aliphatic rings. The minimum atomic E-state index is -0.376. The third-order valence-corrected chi connectivity index (χ3v) is 6.01. The van der Waals surface area contributed by atoms with Crippen molar-refractivity contribution in [2.24, 2.45) is 0 Å². The predicted octanol–water partition coefficient (Wildman–Crippen LogP) is 5.69. The van der Waals surface area contributed by atoms with Crippen LogP contribution in [0.2, 0.25) is 0 Å². The molecular weight excluding hydrogens is 459 g/mol. The lowest BCUT2D eigenvalue weighted by Gasteiger charge is -2.33. The maximum atomic E-state index is 13.3. The second kappa shape index (κ2) is 9.41. The Bertz CT molecular complexity index is 1390. The highest BCUT2D eigenvalue weighted by Gasteiger charge is 2.29. The number of Topliss-reactive ketones (excluding diaryl/α,β-unsaturated/α-hetero) is 2. The quantitative estimate of drug-likeness (QED) is 0.453. The van der Waals surface area contributed by atoms with Crippen molar-refractivity contribution < 1.29 is 23.5 Å². The number of allylic oxidation sites excluding steroid dienone is 4. The standard InChI is InChI=1S/C29H25FN2O4/c1-29(2)17-35-27-25(14-15-31-28(27)32-29)36-21-12-6-18(7-13-21)16-24(33)23-5-3-4-22(26(23)34)19-8-10-20(30)11-9-19/h4-15H,3,16-17H2,1-2H3,(H,31,32). The molecule has 1 aromatic heterocycles. The van der Waals surface area contributed by atoms with Gasteiger partial charge in [-0.15, -0.1) is 0 Å². The van der Waals surface area contributed by atoms with Crippen LogP contribution in [0.3, 0.4) is 0 Å². The summed E-state index contributed by atoms with van der Waals surface area (Å²) in [5.74, 6) is 1.35. The Kier molecular flexibility index (Phi) is 6.14. The number of carbonyl (C=O) groups is 2. The summed E-state index contributed by atoms with van der Waals surface area (Å²) in [6.07, 6.45) is 5.62. The van der Waals surface area contributed by atoms with E-state index in [2.05, 4.69) is 10.3 Å². The Morgan fingerprint density at radius 1 is 1.08 bits per heavy atom. The molecule has 0 fully saturated rings. The van der Waals surface area contributed by atoms with Crippen LogP contribution in [0.15, 0.2) is 78.5 Å². The molecular formula is C29H25FN2O4. The van der Waals surface area contributed by atoms with Crippen molar-refractivity contribution in [1.29, 1.82) is 0 Å². The van der Waals surface area contributed by atoms with Crippen LogP contribution in [0, 0.1) is 5.82 Å². The number of aromatic nitrogens is 1. The van der Waals surface area contributed by atoms with Gasteiger partial charge in [0, 0.05) is 24.3 Å². The normalized spacial score (nSPS) is 16.1. The first-order chi connectivity index (χ1) is 17.3. The van der Waals surface area contributed by atoms with E-state index >= 15 is 0 Å². The zero-order chi connectivity index (χ0) is 25.3. The number of anilines is 1. The molecule has 0 bridgehead atoms. The third kappa shape index (κ3) is 4.91. The molecule has 0 amide bonds. The maximum Gasteiger partial charge on any atom is 0.204 e. The first-order valence-corrected chi connectivity index (χ1v) is 11.7. The number of hydrogen-bond donors (Lipinski definition) is 1. The van der Waals surface area contributed by atoms with E-state index in [0.29, 0.717) is 47.2 Å². The lowest BCUT2D eigenvalue weighted by Crippen LogP contribution is -2.41. The molecule has 1 aliphatic carbocycles. The van der Waals surface area contributed by atoms with Crippen molar-refractivity contribution in [3.8, 4) is 17.2 Å². The summed E-state index contributed by atoms with van der Waals surface area (Å²) in [6, 6.07) is 14.6. The molecule has 0 spiro atoms. The fraction of sp³-hybridized carbons (Fsp3) is 0.207. The van der Waals surface area contributed by atoms with Crippen LogP contribution in [0.5, 0.6) is 17.2 Å². The van der Waals surface area contributed by atoms with Gasteiger partial charge >= 0.3 is 0 Å². The maximum absolute atomic E-state index is 13.3. The van der Waals surface area contributed by atoms with Crippen molar-refractivity contribution in [2.75, 3.05) is 11.9 Å². The average Bonchev–Trinajstić information content (AvgIpc) is 2.85. The Hall–Kier alpha value is -4.26. The van der Waals surface area contributed by atoms with Crippen LogP contribution in [-0.2, 0) is 16.0 Å². The van der Waals surface area contributed by atoms with Crippen molar-refractivity contribution >= 4 is 23.0 Å².